The molecule has 0 saturated carbocycles. The fourth-order valence-corrected chi connectivity index (χ4v) is 4.37. The molecule has 5 nitrogen and oxygen atoms in total. The lowest BCUT2D eigenvalue weighted by molar-refractivity contribution is 0.0698. The van der Waals surface area contributed by atoms with Gasteiger partial charge in [0, 0.05) is 12.8 Å². The van der Waals surface area contributed by atoms with Crippen LogP contribution < -0.4 is 5.32 Å². The van der Waals surface area contributed by atoms with Crippen molar-refractivity contribution in [1.29, 1.82) is 0 Å². The summed E-state index contributed by atoms with van der Waals surface area (Å²) in [6.07, 6.45) is 1.09. The van der Waals surface area contributed by atoms with E-state index in [4.69, 9.17) is 13.8 Å². The standard InChI is InChI=1S/C13H26NO4P/c1-9(2)17-19(15,18-10(3)4)12-7-8-13(16-6)14-11(12)5/h9-10,13-14H,7-8H2,1-6H3. The van der Waals surface area contributed by atoms with Crippen molar-refractivity contribution in [2.45, 2.75) is 65.9 Å². The van der Waals surface area contributed by atoms with Crippen LogP contribution in [0, 0.1) is 0 Å². The summed E-state index contributed by atoms with van der Waals surface area (Å²) in [5, 5.41) is 3.93. The first-order valence-electron chi connectivity index (χ1n) is 6.75. The summed E-state index contributed by atoms with van der Waals surface area (Å²) in [5.74, 6) is 0. The number of allylic oxidation sites excluding steroid dienone is 2. The molecule has 0 amide bonds. The van der Waals surface area contributed by atoms with Crippen LogP contribution in [-0.2, 0) is 18.3 Å². The van der Waals surface area contributed by atoms with Crippen molar-refractivity contribution in [2.75, 3.05) is 7.11 Å². The molecule has 0 radical (unpaired) electrons. The van der Waals surface area contributed by atoms with Crippen molar-refractivity contribution in [3.8, 4) is 0 Å². The lowest BCUT2D eigenvalue weighted by atomic mass is 10.2. The van der Waals surface area contributed by atoms with Crippen LogP contribution in [0.4, 0.5) is 0 Å². The van der Waals surface area contributed by atoms with E-state index in [-0.39, 0.29) is 18.4 Å². The Morgan fingerprint density at radius 1 is 1.21 bits per heavy atom. The van der Waals surface area contributed by atoms with E-state index in [2.05, 4.69) is 5.32 Å². The summed E-state index contributed by atoms with van der Waals surface area (Å²) < 4.78 is 29.5. The topological polar surface area (TPSA) is 56.8 Å². The van der Waals surface area contributed by atoms with E-state index in [1.54, 1.807) is 7.11 Å². The van der Waals surface area contributed by atoms with Crippen LogP contribution >= 0.6 is 7.60 Å². The molecule has 0 aromatic carbocycles. The molecule has 1 rings (SSSR count). The van der Waals surface area contributed by atoms with E-state index in [1.165, 1.54) is 0 Å². The van der Waals surface area contributed by atoms with Crippen molar-refractivity contribution >= 4 is 7.60 Å². The monoisotopic (exact) mass is 291 g/mol. The first-order chi connectivity index (χ1) is 8.78. The zero-order chi connectivity index (χ0) is 14.6. The summed E-state index contributed by atoms with van der Waals surface area (Å²) >= 11 is 0. The molecule has 0 fully saturated rings. The van der Waals surface area contributed by atoms with Gasteiger partial charge < -0.3 is 19.1 Å². The van der Waals surface area contributed by atoms with Crippen molar-refractivity contribution in [3.05, 3.63) is 11.0 Å². The Bertz CT molecular complexity index is 365. The quantitative estimate of drug-likeness (QED) is 0.757. The average Bonchev–Trinajstić information content (AvgIpc) is 2.25. The van der Waals surface area contributed by atoms with Crippen molar-refractivity contribution in [1.82, 2.24) is 5.32 Å². The second kappa shape index (κ2) is 6.89. The van der Waals surface area contributed by atoms with Gasteiger partial charge in [0.05, 0.1) is 17.5 Å². The van der Waals surface area contributed by atoms with E-state index in [1.807, 2.05) is 34.6 Å². The summed E-state index contributed by atoms with van der Waals surface area (Å²) in [5.41, 5.74) is 0.836. The van der Waals surface area contributed by atoms with Gasteiger partial charge in [-0.2, -0.15) is 0 Å². The van der Waals surface area contributed by atoms with E-state index in [0.29, 0.717) is 6.42 Å². The van der Waals surface area contributed by atoms with E-state index in [9.17, 15) is 4.57 Å². The Morgan fingerprint density at radius 3 is 2.11 bits per heavy atom. The van der Waals surface area contributed by atoms with E-state index in [0.717, 1.165) is 17.4 Å². The van der Waals surface area contributed by atoms with Gasteiger partial charge in [0.15, 0.2) is 0 Å². The third kappa shape index (κ3) is 4.60. The maximum atomic E-state index is 13.0. The number of hydrogen-bond acceptors (Lipinski definition) is 5. The van der Waals surface area contributed by atoms with Crippen molar-refractivity contribution in [3.63, 3.8) is 0 Å². The zero-order valence-corrected chi connectivity index (χ0v) is 13.6. The van der Waals surface area contributed by atoms with Crippen molar-refractivity contribution in [2.24, 2.45) is 0 Å². The van der Waals surface area contributed by atoms with Crippen LogP contribution in [0.25, 0.3) is 0 Å². The maximum Gasteiger partial charge on any atom is 0.359 e. The average molecular weight is 291 g/mol. The molecule has 0 aliphatic carbocycles. The normalized spacial score (nSPS) is 21.2. The molecule has 112 valence electrons. The molecular formula is C13H26NO4P. The largest absolute Gasteiger partial charge is 0.363 e. The highest BCUT2D eigenvalue weighted by atomic mass is 31.2. The van der Waals surface area contributed by atoms with Gasteiger partial charge in [-0.05, 0) is 47.5 Å². The van der Waals surface area contributed by atoms with Crippen LogP contribution in [0.3, 0.4) is 0 Å². The molecule has 1 N–H and O–H groups in total. The molecule has 0 spiro atoms. The summed E-state index contributed by atoms with van der Waals surface area (Å²) in [6.45, 7) is 9.34. The van der Waals surface area contributed by atoms with E-state index < -0.39 is 7.60 Å². The summed E-state index contributed by atoms with van der Waals surface area (Å²) in [7, 11) is -1.58. The second-order valence-electron chi connectivity index (χ2n) is 5.28. The van der Waals surface area contributed by atoms with Gasteiger partial charge in [-0.3, -0.25) is 4.57 Å². The highest BCUT2D eigenvalue weighted by Gasteiger charge is 2.36. The third-order valence-electron chi connectivity index (χ3n) is 2.77. The van der Waals surface area contributed by atoms with Crippen LogP contribution in [-0.4, -0.2) is 25.5 Å². The van der Waals surface area contributed by atoms with Crippen LogP contribution in [0.15, 0.2) is 11.0 Å². The van der Waals surface area contributed by atoms with Gasteiger partial charge in [-0.1, -0.05) is 0 Å². The minimum absolute atomic E-state index is 0.0321. The minimum Gasteiger partial charge on any atom is -0.363 e. The van der Waals surface area contributed by atoms with Crippen LogP contribution in [0.1, 0.15) is 47.5 Å². The van der Waals surface area contributed by atoms with Gasteiger partial charge in [0.1, 0.15) is 6.23 Å². The third-order valence-corrected chi connectivity index (χ3v) is 5.39. The van der Waals surface area contributed by atoms with Gasteiger partial charge in [0.25, 0.3) is 0 Å². The maximum absolute atomic E-state index is 13.0. The number of hydrogen-bond donors (Lipinski definition) is 1. The Labute approximate surface area is 116 Å². The molecular weight excluding hydrogens is 265 g/mol. The van der Waals surface area contributed by atoms with Crippen LogP contribution in [0.5, 0.6) is 0 Å². The lowest BCUT2D eigenvalue weighted by Gasteiger charge is -2.32. The molecule has 1 heterocycles. The summed E-state index contributed by atoms with van der Waals surface area (Å²) in [4.78, 5) is 0. The number of rotatable bonds is 6. The van der Waals surface area contributed by atoms with Gasteiger partial charge in [-0.25, -0.2) is 0 Å². The van der Waals surface area contributed by atoms with Gasteiger partial charge in [0.2, 0.25) is 0 Å². The first kappa shape index (κ1) is 16.7. The van der Waals surface area contributed by atoms with E-state index >= 15 is 0 Å². The first-order valence-corrected chi connectivity index (χ1v) is 8.29. The van der Waals surface area contributed by atoms with Crippen molar-refractivity contribution < 1.29 is 18.3 Å². The Morgan fingerprint density at radius 2 is 1.74 bits per heavy atom. The molecule has 0 bridgehead atoms. The zero-order valence-electron chi connectivity index (χ0n) is 12.7. The Kier molecular flexibility index (Phi) is 6.06. The molecule has 1 aliphatic heterocycles. The molecule has 0 aromatic heterocycles. The predicted molar refractivity (Wildman–Crippen MR) is 75.9 cm³/mol. The smallest absolute Gasteiger partial charge is 0.359 e. The highest BCUT2D eigenvalue weighted by Crippen LogP contribution is 2.60. The fourth-order valence-electron chi connectivity index (χ4n) is 2.08. The number of nitrogens with one attached hydrogen (secondary N) is 1. The molecule has 1 atom stereocenters. The van der Waals surface area contributed by atoms with Gasteiger partial charge in [-0.15, -0.1) is 0 Å². The lowest BCUT2D eigenvalue weighted by Crippen LogP contribution is -2.34. The van der Waals surface area contributed by atoms with Gasteiger partial charge >= 0.3 is 7.60 Å². The fraction of sp³-hybridized carbons (Fsp3) is 0.846. The number of ether oxygens (including phenoxy) is 1. The SMILES string of the molecule is COC1CCC(P(=O)(OC(C)C)OC(C)C)=C(C)N1. The molecule has 1 unspecified atom stereocenters. The second-order valence-corrected chi connectivity index (χ2v) is 7.24. The van der Waals surface area contributed by atoms with Crippen LogP contribution in [0.2, 0.25) is 0 Å². The molecule has 0 aromatic rings. The highest BCUT2D eigenvalue weighted by molar-refractivity contribution is 7.58. The molecule has 19 heavy (non-hydrogen) atoms. The summed E-state index contributed by atoms with van der Waals surface area (Å²) in [6, 6.07) is 0. The minimum atomic E-state index is -3.24. The molecule has 0 saturated heterocycles. The Balaban J connectivity index is 3.01. The molecule has 1 aliphatic rings. The Hall–Kier alpha value is -0.350. The predicted octanol–water partition coefficient (Wildman–Crippen LogP) is 3.62. The number of methoxy groups -OCH3 is 1. The molecule has 6 heteroatoms.